The van der Waals surface area contributed by atoms with Crippen molar-refractivity contribution < 1.29 is 23.9 Å². The van der Waals surface area contributed by atoms with Gasteiger partial charge in [-0.15, -0.1) is 10.2 Å². The maximum atomic E-state index is 11.4. The Bertz CT molecular complexity index is 734. The molecule has 3 rings (SSSR count). The van der Waals surface area contributed by atoms with Gasteiger partial charge in [-0.25, -0.2) is 4.79 Å². The predicted octanol–water partition coefficient (Wildman–Crippen LogP) is 0.955. The number of ketones is 1. The topological polar surface area (TPSA) is 122 Å². The molecule has 1 atom stereocenters. The van der Waals surface area contributed by atoms with Crippen molar-refractivity contribution in [3.63, 3.8) is 0 Å². The second kappa shape index (κ2) is 5.40. The molecular weight excluding hydrogens is 290 g/mol. The zero-order valence-corrected chi connectivity index (χ0v) is 11.3. The third kappa shape index (κ3) is 2.71. The van der Waals surface area contributed by atoms with Crippen LogP contribution in [-0.2, 0) is 9.59 Å². The van der Waals surface area contributed by atoms with Gasteiger partial charge in [0, 0.05) is 12.0 Å². The normalized spacial score (nSPS) is 18.1. The number of carboxylic acid groups (broad SMARTS) is 1. The van der Waals surface area contributed by atoms with Crippen LogP contribution in [-0.4, -0.2) is 33.0 Å². The zero-order chi connectivity index (χ0) is 15.7. The molecule has 1 aromatic carbocycles. The van der Waals surface area contributed by atoms with Crippen LogP contribution in [0.5, 0.6) is 0 Å². The van der Waals surface area contributed by atoms with E-state index in [0.29, 0.717) is 5.56 Å². The molecule has 1 saturated heterocycles. The third-order valence-electron chi connectivity index (χ3n) is 3.24. The van der Waals surface area contributed by atoms with Crippen molar-refractivity contribution in [2.24, 2.45) is 0 Å². The Morgan fingerprint density at radius 1 is 1.23 bits per heavy atom. The fraction of sp³-hybridized carbons (Fsp3) is 0.214. The van der Waals surface area contributed by atoms with E-state index in [1.807, 2.05) is 0 Å². The fourth-order valence-corrected chi connectivity index (χ4v) is 2.17. The molecule has 0 aliphatic carbocycles. The number of carbonyl (C=O) groups is 3. The number of hydrogen-bond acceptors (Lipinski definition) is 6. The van der Waals surface area contributed by atoms with Crippen molar-refractivity contribution in [1.82, 2.24) is 15.5 Å². The number of carboxylic acids is 1. The Labute approximate surface area is 124 Å². The first-order chi connectivity index (χ1) is 10.5. The molecule has 8 heteroatoms. The monoisotopic (exact) mass is 301 g/mol. The Balaban J connectivity index is 1.82. The molecule has 8 nitrogen and oxygen atoms in total. The van der Waals surface area contributed by atoms with Gasteiger partial charge in [-0.2, -0.15) is 0 Å². The SMILES string of the molecule is O=C1CC(=O)NC(c2nnc(-c3ccc(C(=O)O)cc3)o2)C1. The van der Waals surface area contributed by atoms with Gasteiger partial charge in [0.2, 0.25) is 17.7 Å². The number of rotatable bonds is 3. The van der Waals surface area contributed by atoms with Crippen molar-refractivity contribution in [2.45, 2.75) is 18.9 Å². The van der Waals surface area contributed by atoms with Crippen molar-refractivity contribution >= 4 is 17.7 Å². The molecule has 1 aliphatic heterocycles. The third-order valence-corrected chi connectivity index (χ3v) is 3.24. The average molecular weight is 301 g/mol. The van der Waals surface area contributed by atoms with Crippen LogP contribution >= 0.6 is 0 Å². The van der Waals surface area contributed by atoms with Crippen LogP contribution < -0.4 is 5.32 Å². The first-order valence-corrected chi connectivity index (χ1v) is 6.51. The van der Waals surface area contributed by atoms with Crippen LogP contribution in [0.25, 0.3) is 11.5 Å². The van der Waals surface area contributed by atoms with Crippen LogP contribution in [0.1, 0.15) is 35.1 Å². The Hall–Kier alpha value is -3.03. The predicted molar refractivity (Wildman–Crippen MR) is 71.8 cm³/mol. The largest absolute Gasteiger partial charge is 0.478 e. The lowest BCUT2D eigenvalue weighted by Gasteiger charge is -2.18. The summed E-state index contributed by atoms with van der Waals surface area (Å²) in [5, 5.41) is 19.2. The molecule has 1 amide bonds. The van der Waals surface area contributed by atoms with Gasteiger partial charge in [0.25, 0.3) is 0 Å². The van der Waals surface area contributed by atoms with Crippen molar-refractivity contribution in [3.05, 3.63) is 35.7 Å². The molecule has 0 saturated carbocycles. The van der Waals surface area contributed by atoms with E-state index in [9.17, 15) is 14.4 Å². The highest BCUT2D eigenvalue weighted by atomic mass is 16.4. The molecule has 0 bridgehead atoms. The highest BCUT2D eigenvalue weighted by molar-refractivity contribution is 6.00. The van der Waals surface area contributed by atoms with Crippen molar-refractivity contribution in [2.75, 3.05) is 0 Å². The first-order valence-electron chi connectivity index (χ1n) is 6.51. The van der Waals surface area contributed by atoms with Crippen LogP contribution in [0.15, 0.2) is 28.7 Å². The quantitative estimate of drug-likeness (QED) is 0.809. The van der Waals surface area contributed by atoms with Crippen LogP contribution in [0.4, 0.5) is 0 Å². The van der Waals surface area contributed by atoms with E-state index in [0.717, 1.165) is 0 Å². The Morgan fingerprint density at radius 3 is 2.59 bits per heavy atom. The summed E-state index contributed by atoms with van der Waals surface area (Å²) in [6.45, 7) is 0. The molecule has 112 valence electrons. The van der Waals surface area contributed by atoms with Gasteiger partial charge in [0.1, 0.15) is 11.8 Å². The molecule has 1 aliphatic rings. The number of amides is 1. The van der Waals surface area contributed by atoms with Gasteiger partial charge < -0.3 is 14.8 Å². The van der Waals surface area contributed by atoms with E-state index in [1.165, 1.54) is 12.1 Å². The highest BCUT2D eigenvalue weighted by Crippen LogP contribution is 2.24. The molecular formula is C14H11N3O5. The molecule has 2 heterocycles. The minimum atomic E-state index is -1.03. The summed E-state index contributed by atoms with van der Waals surface area (Å²) in [5.74, 6) is -1.23. The maximum Gasteiger partial charge on any atom is 0.335 e. The van der Waals surface area contributed by atoms with E-state index in [-0.39, 0.29) is 41.9 Å². The van der Waals surface area contributed by atoms with E-state index in [2.05, 4.69) is 15.5 Å². The fourth-order valence-electron chi connectivity index (χ4n) is 2.17. The summed E-state index contributed by atoms with van der Waals surface area (Å²) in [4.78, 5) is 33.6. The number of aromatic nitrogens is 2. The standard InChI is InChI=1S/C14H11N3O5/c18-9-5-10(15-11(19)6-9)13-17-16-12(22-13)7-1-3-8(4-2-7)14(20)21/h1-4,10H,5-6H2,(H,15,19)(H,20,21). The summed E-state index contributed by atoms with van der Waals surface area (Å²) >= 11 is 0. The summed E-state index contributed by atoms with van der Waals surface area (Å²) in [5.41, 5.74) is 0.700. The molecule has 22 heavy (non-hydrogen) atoms. The van der Waals surface area contributed by atoms with Crippen LogP contribution in [0.3, 0.4) is 0 Å². The van der Waals surface area contributed by atoms with Crippen LogP contribution in [0, 0.1) is 0 Å². The van der Waals surface area contributed by atoms with Gasteiger partial charge in [0.15, 0.2) is 0 Å². The summed E-state index contributed by atoms with van der Waals surface area (Å²) < 4.78 is 5.47. The lowest BCUT2D eigenvalue weighted by molar-refractivity contribution is -0.132. The van der Waals surface area contributed by atoms with Gasteiger partial charge in [0.05, 0.1) is 12.0 Å². The lowest BCUT2D eigenvalue weighted by Crippen LogP contribution is -2.37. The van der Waals surface area contributed by atoms with E-state index in [1.54, 1.807) is 12.1 Å². The number of hydrogen-bond donors (Lipinski definition) is 2. The minimum absolute atomic E-state index is 0.116. The molecule has 0 radical (unpaired) electrons. The lowest BCUT2D eigenvalue weighted by atomic mass is 10.0. The molecule has 1 aromatic heterocycles. The van der Waals surface area contributed by atoms with Gasteiger partial charge in [-0.1, -0.05) is 0 Å². The number of aromatic carboxylic acids is 1. The number of nitrogens with one attached hydrogen (secondary N) is 1. The van der Waals surface area contributed by atoms with Crippen LogP contribution in [0.2, 0.25) is 0 Å². The zero-order valence-electron chi connectivity index (χ0n) is 11.3. The number of nitrogens with zero attached hydrogens (tertiary/aromatic N) is 2. The van der Waals surface area contributed by atoms with E-state index in [4.69, 9.17) is 9.52 Å². The van der Waals surface area contributed by atoms with Crippen molar-refractivity contribution in [1.29, 1.82) is 0 Å². The Morgan fingerprint density at radius 2 is 1.95 bits per heavy atom. The van der Waals surface area contributed by atoms with E-state index >= 15 is 0 Å². The molecule has 2 N–H and O–H groups in total. The van der Waals surface area contributed by atoms with E-state index < -0.39 is 12.0 Å². The molecule has 0 spiro atoms. The smallest absolute Gasteiger partial charge is 0.335 e. The summed E-state index contributed by atoms with van der Waals surface area (Å²) in [7, 11) is 0. The molecule has 2 aromatic rings. The number of Topliss-reactive ketones (excluding diaryl/α,β-unsaturated/α-hetero) is 1. The molecule has 1 fully saturated rings. The average Bonchev–Trinajstić information content (AvgIpc) is 2.96. The van der Waals surface area contributed by atoms with Gasteiger partial charge in [-0.05, 0) is 24.3 Å². The number of benzene rings is 1. The first kappa shape index (κ1) is 13.9. The Kier molecular flexibility index (Phi) is 3.42. The molecule has 1 unspecified atom stereocenters. The summed E-state index contributed by atoms with van der Waals surface area (Å²) in [6, 6.07) is 5.32. The van der Waals surface area contributed by atoms with Gasteiger partial charge >= 0.3 is 5.97 Å². The van der Waals surface area contributed by atoms with Crippen molar-refractivity contribution in [3.8, 4) is 11.5 Å². The highest BCUT2D eigenvalue weighted by Gasteiger charge is 2.29. The summed E-state index contributed by atoms with van der Waals surface area (Å²) in [6.07, 6.45) is -0.0144. The number of carbonyl (C=O) groups excluding carboxylic acids is 2. The second-order valence-electron chi connectivity index (χ2n) is 4.87. The number of piperidine rings is 1. The van der Waals surface area contributed by atoms with Gasteiger partial charge in [-0.3, -0.25) is 9.59 Å². The maximum absolute atomic E-state index is 11.4. The second-order valence-corrected chi connectivity index (χ2v) is 4.87. The minimum Gasteiger partial charge on any atom is -0.478 e.